The second-order valence-corrected chi connectivity index (χ2v) is 6.04. The van der Waals surface area contributed by atoms with E-state index in [0.29, 0.717) is 6.04 Å². The summed E-state index contributed by atoms with van der Waals surface area (Å²) in [7, 11) is 1.92. The SMILES string of the molecule is CN(C(=O)C=Cc1cccc(Br)c1)C1CCCCC1. The number of likely N-dealkylation sites (N-methyl/N-ethyl adjacent to an activating group) is 1. The lowest BCUT2D eigenvalue weighted by molar-refractivity contribution is -0.127. The fraction of sp³-hybridized carbons (Fsp3) is 0.438. The molecular formula is C16H20BrNO. The van der Waals surface area contributed by atoms with Crippen molar-refractivity contribution < 1.29 is 4.79 Å². The van der Waals surface area contributed by atoms with Gasteiger partial charge >= 0.3 is 0 Å². The van der Waals surface area contributed by atoms with Gasteiger partial charge in [0.1, 0.15) is 0 Å². The van der Waals surface area contributed by atoms with Crippen LogP contribution in [0.3, 0.4) is 0 Å². The topological polar surface area (TPSA) is 20.3 Å². The van der Waals surface area contributed by atoms with E-state index in [1.807, 2.05) is 42.3 Å². The molecule has 1 saturated carbocycles. The summed E-state index contributed by atoms with van der Waals surface area (Å²) in [6.07, 6.45) is 9.66. The molecule has 2 nitrogen and oxygen atoms in total. The Bertz CT molecular complexity index is 464. The first kappa shape index (κ1) is 14.3. The highest BCUT2D eigenvalue weighted by Crippen LogP contribution is 2.22. The maximum Gasteiger partial charge on any atom is 0.246 e. The molecule has 102 valence electrons. The number of amides is 1. The number of carbonyl (C=O) groups excluding carboxylic acids is 1. The fourth-order valence-electron chi connectivity index (χ4n) is 2.54. The quantitative estimate of drug-likeness (QED) is 0.762. The number of rotatable bonds is 3. The molecule has 1 aromatic carbocycles. The number of carbonyl (C=O) groups is 1. The third-order valence-corrected chi connectivity index (χ3v) is 4.23. The van der Waals surface area contributed by atoms with Gasteiger partial charge in [0.05, 0.1) is 0 Å². The lowest BCUT2D eigenvalue weighted by Gasteiger charge is -2.30. The molecule has 0 heterocycles. The van der Waals surface area contributed by atoms with Gasteiger partial charge in [-0.2, -0.15) is 0 Å². The molecule has 1 aromatic rings. The van der Waals surface area contributed by atoms with Gasteiger partial charge < -0.3 is 4.90 Å². The van der Waals surface area contributed by atoms with E-state index in [9.17, 15) is 4.79 Å². The zero-order valence-electron chi connectivity index (χ0n) is 11.3. The van der Waals surface area contributed by atoms with E-state index in [4.69, 9.17) is 0 Å². The van der Waals surface area contributed by atoms with Crippen molar-refractivity contribution in [2.45, 2.75) is 38.1 Å². The van der Waals surface area contributed by atoms with Gasteiger partial charge in [0.15, 0.2) is 0 Å². The maximum absolute atomic E-state index is 12.1. The first-order valence-electron chi connectivity index (χ1n) is 6.87. The number of halogens is 1. The largest absolute Gasteiger partial charge is 0.339 e. The molecule has 19 heavy (non-hydrogen) atoms. The average Bonchev–Trinajstić information content (AvgIpc) is 2.45. The molecule has 1 fully saturated rings. The van der Waals surface area contributed by atoms with E-state index < -0.39 is 0 Å². The highest BCUT2D eigenvalue weighted by Gasteiger charge is 2.20. The van der Waals surface area contributed by atoms with E-state index in [0.717, 1.165) is 22.9 Å². The summed E-state index contributed by atoms with van der Waals surface area (Å²) >= 11 is 3.43. The van der Waals surface area contributed by atoms with Gasteiger partial charge in [0, 0.05) is 23.6 Å². The van der Waals surface area contributed by atoms with E-state index in [-0.39, 0.29) is 5.91 Å². The third-order valence-electron chi connectivity index (χ3n) is 3.74. The molecule has 2 rings (SSSR count). The molecule has 0 N–H and O–H groups in total. The maximum atomic E-state index is 12.1. The zero-order valence-corrected chi connectivity index (χ0v) is 12.9. The molecule has 1 aliphatic carbocycles. The Balaban J connectivity index is 1.96. The second kappa shape index (κ2) is 6.90. The third kappa shape index (κ3) is 4.20. The number of benzene rings is 1. The fourth-order valence-corrected chi connectivity index (χ4v) is 2.96. The van der Waals surface area contributed by atoms with E-state index in [2.05, 4.69) is 15.9 Å². The van der Waals surface area contributed by atoms with Gasteiger partial charge in [0.25, 0.3) is 0 Å². The first-order chi connectivity index (χ1) is 9.16. The summed E-state index contributed by atoms with van der Waals surface area (Å²) < 4.78 is 1.03. The Hall–Kier alpha value is -1.09. The summed E-state index contributed by atoms with van der Waals surface area (Å²) in [5.74, 6) is 0.104. The van der Waals surface area contributed by atoms with Crippen LogP contribution in [-0.2, 0) is 4.79 Å². The van der Waals surface area contributed by atoms with Crippen LogP contribution in [0.1, 0.15) is 37.7 Å². The first-order valence-corrected chi connectivity index (χ1v) is 7.66. The Morgan fingerprint density at radius 2 is 2.05 bits per heavy atom. The van der Waals surface area contributed by atoms with Crippen LogP contribution in [0.2, 0.25) is 0 Å². The van der Waals surface area contributed by atoms with Gasteiger partial charge in [-0.25, -0.2) is 0 Å². The van der Waals surface area contributed by atoms with E-state index >= 15 is 0 Å². The molecule has 0 unspecified atom stereocenters. The standard InChI is InChI=1S/C16H20BrNO/c1-18(15-8-3-2-4-9-15)16(19)11-10-13-6-5-7-14(17)12-13/h5-7,10-12,15H,2-4,8-9H2,1H3. The summed E-state index contributed by atoms with van der Waals surface area (Å²) in [5, 5.41) is 0. The van der Waals surface area contributed by atoms with Crippen molar-refractivity contribution in [2.24, 2.45) is 0 Å². The minimum Gasteiger partial charge on any atom is -0.339 e. The van der Waals surface area contributed by atoms with Crippen molar-refractivity contribution in [2.75, 3.05) is 7.05 Å². The predicted octanol–water partition coefficient (Wildman–Crippen LogP) is 4.25. The summed E-state index contributed by atoms with van der Waals surface area (Å²) in [6.45, 7) is 0. The molecule has 0 radical (unpaired) electrons. The average molecular weight is 322 g/mol. The van der Waals surface area contributed by atoms with E-state index in [1.54, 1.807) is 6.08 Å². The molecule has 1 aliphatic rings. The smallest absolute Gasteiger partial charge is 0.246 e. The van der Waals surface area contributed by atoms with Crippen molar-refractivity contribution in [3.05, 3.63) is 40.4 Å². The number of hydrogen-bond acceptors (Lipinski definition) is 1. The lowest BCUT2D eigenvalue weighted by Crippen LogP contribution is -2.37. The Morgan fingerprint density at radius 1 is 1.32 bits per heavy atom. The molecule has 0 bridgehead atoms. The van der Waals surface area contributed by atoms with Gasteiger partial charge in [-0.15, -0.1) is 0 Å². The molecule has 3 heteroatoms. The van der Waals surface area contributed by atoms with Crippen molar-refractivity contribution in [1.82, 2.24) is 4.90 Å². The van der Waals surface area contributed by atoms with Crippen LogP contribution in [-0.4, -0.2) is 23.9 Å². The highest BCUT2D eigenvalue weighted by atomic mass is 79.9. The monoisotopic (exact) mass is 321 g/mol. The Morgan fingerprint density at radius 3 is 2.74 bits per heavy atom. The second-order valence-electron chi connectivity index (χ2n) is 5.13. The molecule has 0 aliphatic heterocycles. The van der Waals surface area contributed by atoms with Crippen LogP contribution in [0.4, 0.5) is 0 Å². The summed E-state index contributed by atoms with van der Waals surface area (Å²) in [6, 6.07) is 8.37. The molecule has 0 spiro atoms. The molecule has 0 aromatic heterocycles. The van der Waals surface area contributed by atoms with Crippen LogP contribution < -0.4 is 0 Å². The molecule has 0 atom stereocenters. The van der Waals surface area contributed by atoms with Crippen molar-refractivity contribution in [1.29, 1.82) is 0 Å². The molecular weight excluding hydrogens is 302 g/mol. The molecule has 0 saturated heterocycles. The minimum atomic E-state index is 0.104. The van der Waals surface area contributed by atoms with Gasteiger partial charge in [0.2, 0.25) is 5.91 Å². The van der Waals surface area contributed by atoms with Crippen molar-refractivity contribution in [3.8, 4) is 0 Å². The lowest BCUT2D eigenvalue weighted by atomic mass is 9.94. The Labute approximate surface area is 123 Å². The van der Waals surface area contributed by atoms with Crippen LogP contribution in [0.15, 0.2) is 34.8 Å². The molecule has 1 amide bonds. The van der Waals surface area contributed by atoms with Crippen LogP contribution in [0.25, 0.3) is 6.08 Å². The van der Waals surface area contributed by atoms with Crippen LogP contribution >= 0.6 is 15.9 Å². The summed E-state index contributed by atoms with van der Waals surface area (Å²) in [5.41, 5.74) is 1.04. The van der Waals surface area contributed by atoms with Crippen molar-refractivity contribution in [3.63, 3.8) is 0 Å². The number of hydrogen-bond donors (Lipinski definition) is 0. The highest BCUT2D eigenvalue weighted by molar-refractivity contribution is 9.10. The normalized spacial score (nSPS) is 16.7. The Kier molecular flexibility index (Phi) is 5.20. The van der Waals surface area contributed by atoms with Crippen LogP contribution in [0, 0.1) is 0 Å². The summed E-state index contributed by atoms with van der Waals surface area (Å²) in [4.78, 5) is 14.0. The number of nitrogens with zero attached hydrogens (tertiary/aromatic N) is 1. The van der Waals surface area contributed by atoms with Gasteiger partial charge in [-0.1, -0.05) is 47.3 Å². The van der Waals surface area contributed by atoms with Crippen molar-refractivity contribution >= 4 is 27.9 Å². The van der Waals surface area contributed by atoms with Gasteiger partial charge in [-0.3, -0.25) is 4.79 Å². The van der Waals surface area contributed by atoms with E-state index in [1.165, 1.54) is 19.3 Å². The minimum absolute atomic E-state index is 0.104. The van der Waals surface area contributed by atoms with Crippen LogP contribution in [0.5, 0.6) is 0 Å². The van der Waals surface area contributed by atoms with Gasteiger partial charge in [-0.05, 0) is 36.6 Å². The zero-order chi connectivity index (χ0) is 13.7. The predicted molar refractivity (Wildman–Crippen MR) is 82.8 cm³/mol.